The summed E-state index contributed by atoms with van der Waals surface area (Å²) in [6.07, 6.45) is 8.35. The highest BCUT2D eigenvalue weighted by atomic mass is 35.5. The smallest absolute Gasteiger partial charge is 0.410 e. The Morgan fingerprint density at radius 2 is 1.79 bits per heavy atom. The van der Waals surface area contributed by atoms with E-state index in [4.69, 9.17) is 45.3 Å². The van der Waals surface area contributed by atoms with Crippen molar-refractivity contribution in [2.45, 2.75) is 76.2 Å². The van der Waals surface area contributed by atoms with Gasteiger partial charge in [-0.2, -0.15) is 0 Å². The molecule has 328 valence electrons. The minimum Gasteiger partial charge on any atom is -0.496 e. The molecule has 3 aromatic carbocycles. The van der Waals surface area contributed by atoms with Gasteiger partial charge in [0.1, 0.15) is 48.1 Å². The average Bonchev–Trinajstić information content (AvgIpc) is 3.27. The summed E-state index contributed by atoms with van der Waals surface area (Å²) >= 11 is 6.04. The maximum atomic E-state index is 14.4. The molecule has 0 saturated heterocycles. The lowest BCUT2D eigenvalue weighted by atomic mass is 9.55. The third-order valence-corrected chi connectivity index (χ3v) is 11.8. The number of fused-ring (bicyclic) bond motifs is 2. The topological polar surface area (TPSA) is 146 Å². The number of aliphatic hydroxyl groups is 2. The molecule has 0 bridgehead atoms. The van der Waals surface area contributed by atoms with E-state index >= 15 is 0 Å². The minimum atomic E-state index is -1.55. The van der Waals surface area contributed by atoms with Crippen molar-refractivity contribution >= 4 is 29.7 Å². The number of ether oxygens (including phenoxy) is 5. The highest BCUT2D eigenvalue weighted by molar-refractivity contribution is 6.18. The quantitative estimate of drug-likeness (QED) is 0.0330. The highest BCUT2D eigenvalue weighted by Crippen LogP contribution is 2.62. The Morgan fingerprint density at radius 1 is 1.05 bits per heavy atom. The molecule has 1 heterocycles. The van der Waals surface area contributed by atoms with E-state index in [-0.39, 0.29) is 63.0 Å². The number of amides is 1. The van der Waals surface area contributed by atoms with Crippen molar-refractivity contribution in [1.82, 2.24) is 4.90 Å². The predicted molar refractivity (Wildman–Crippen MR) is 229 cm³/mol. The van der Waals surface area contributed by atoms with Crippen molar-refractivity contribution in [3.8, 4) is 23.0 Å². The van der Waals surface area contributed by atoms with Gasteiger partial charge in [-0.05, 0) is 104 Å². The number of aldehydes is 1. The zero-order chi connectivity index (χ0) is 43.4. The van der Waals surface area contributed by atoms with Crippen LogP contribution in [0.3, 0.4) is 0 Å². The van der Waals surface area contributed by atoms with Gasteiger partial charge in [-0.3, -0.25) is 9.69 Å². The third kappa shape index (κ3) is 10.2. The van der Waals surface area contributed by atoms with Gasteiger partial charge in [-0.15, -0.1) is 18.2 Å². The van der Waals surface area contributed by atoms with Crippen LogP contribution >= 0.6 is 11.6 Å². The number of halogens is 2. The molecule has 3 aromatic rings. The van der Waals surface area contributed by atoms with Crippen LogP contribution in [-0.2, 0) is 20.9 Å². The normalized spacial score (nSPS) is 23.1. The molecular formula is C47H56ClFN2O10. The molecule has 6 rings (SSSR count). The first kappa shape index (κ1) is 45.6. The second-order valence-electron chi connectivity index (χ2n) is 15.4. The van der Waals surface area contributed by atoms with Gasteiger partial charge in [-0.25, -0.2) is 9.18 Å². The van der Waals surface area contributed by atoms with Crippen LogP contribution in [0.5, 0.6) is 23.0 Å². The fourth-order valence-corrected chi connectivity index (χ4v) is 9.23. The standard InChI is InChI=1S/C47H56ClFN2O10/c1-4-23-58-47-43(51(46(55)57-24-20-48)29-31-12-14-34(49)15-13-31)28-40(50-59-5-2)38-26-32(10-6-8-21-52)37(11-7-9-22-53)44(45(38)47)39-27-36(17-19-42(39)61-47)60-35-16-18-41(56-3)33(25-35)30-54/h4,12-19,25-27,30,32,37,43-45,52-53H,1,5-11,20-24,28-29H2,2-3H3. The molecule has 2 N–H and O–H groups in total. The fraction of sp³-hybridized carbons (Fsp3) is 0.468. The molecule has 14 heteroatoms. The average molecular weight is 863 g/mol. The molecule has 1 aliphatic heterocycles. The van der Waals surface area contributed by atoms with Crippen molar-refractivity contribution in [1.29, 1.82) is 0 Å². The molecule has 0 radical (unpaired) electrons. The SMILES string of the molecule is C=CCOC12Oc3ccc(Oc4ccc(OC)c(C=O)c4)cc3C3C(CCCCO)C(CCCCO)C=C(C(=NOCC)CC1N(Cc1ccc(F)cc1)C(=O)OCCCl)C32. The van der Waals surface area contributed by atoms with Crippen LogP contribution in [0.25, 0.3) is 0 Å². The fourth-order valence-electron chi connectivity index (χ4n) is 9.16. The van der Waals surface area contributed by atoms with Gasteiger partial charge < -0.3 is 38.7 Å². The van der Waals surface area contributed by atoms with E-state index in [1.807, 2.05) is 19.1 Å². The number of rotatable bonds is 22. The zero-order valence-electron chi connectivity index (χ0n) is 34.8. The van der Waals surface area contributed by atoms with E-state index in [1.165, 1.54) is 19.2 Å². The summed E-state index contributed by atoms with van der Waals surface area (Å²) in [5, 5.41) is 24.5. The monoisotopic (exact) mass is 862 g/mol. The summed E-state index contributed by atoms with van der Waals surface area (Å²) in [6, 6.07) is 15.7. The first-order chi connectivity index (χ1) is 29.7. The Hall–Kier alpha value is -4.95. The molecule has 1 amide bonds. The van der Waals surface area contributed by atoms with Crippen LogP contribution in [0.15, 0.2) is 90.1 Å². The number of hydrogen-bond donors (Lipinski definition) is 2. The molecule has 1 fully saturated rings. The molecule has 2 aliphatic carbocycles. The van der Waals surface area contributed by atoms with Gasteiger partial charge in [0.2, 0.25) is 5.79 Å². The Morgan fingerprint density at radius 3 is 2.48 bits per heavy atom. The van der Waals surface area contributed by atoms with E-state index in [0.29, 0.717) is 65.6 Å². The first-order valence-corrected chi connectivity index (χ1v) is 21.5. The predicted octanol–water partition coefficient (Wildman–Crippen LogP) is 8.97. The number of aliphatic hydroxyl groups excluding tert-OH is 2. The molecule has 6 atom stereocenters. The lowest BCUT2D eigenvalue weighted by molar-refractivity contribution is -0.256. The highest BCUT2D eigenvalue weighted by Gasteiger charge is 2.65. The number of benzene rings is 3. The number of carbonyl (C=O) groups is 2. The lowest BCUT2D eigenvalue weighted by Crippen LogP contribution is -2.70. The number of methoxy groups -OCH3 is 1. The van der Waals surface area contributed by atoms with Gasteiger partial charge in [0.15, 0.2) is 6.29 Å². The van der Waals surface area contributed by atoms with Crippen LogP contribution in [0.1, 0.15) is 79.3 Å². The van der Waals surface area contributed by atoms with Gasteiger partial charge in [0, 0.05) is 37.7 Å². The summed E-state index contributed by atoms with van der Waals surface area (Å²) in [7, 11) is 1.50. The summed E-state index contributed by atoms with van der Waals surface area (Å²) in [4.78, 5) is 33.7. The molecule has 0 spiro atoms. The van der Waals surface area contributed by atoms with Crippen LogP contribution in [-0.4, -0.2) is 91.1 Å². The molecule has 3 aliphatic rings. The van der Waals surface area contributed by atoms with Crippen molar-refractivity contribution < 1.29 is 52.7 Å². The van der Waals surface area contributed by atoms with Crippen LogP contribution in [0, 0.1) is 23.6 Å². The Balaban J connectivity index is 1.59. The van der Waals surface area contributed by atoms with E-state index < -0.39 is 29.7 Å². The second kappa shape index (κ2) is 21.7. The van der Waals surface area contributed by atoms with Gasteiger partial charge >= 0.3 is 6.09 Å². The second-order valence-corrected chi connectivity index (χ2v) is 15.7. The number of oxime groups is 1. The molecular weight excluding hydrogens is 807 g/mol. The number of carbonyl (C=O) groups excluding carboxylic acids is 2. The maximum Gasteiger partial charge on any atom is 0.410 e. The zero-order valence-corrected chi connectivity index (χ0v) is 35.6. The van der Waals surface area contributed by atoms with E-state index in [1.54, 1.807) is 47.4 Å². The van der Waals surface area contributed by atoms with Crippen molar-refractivity contribution in [2.24, 2.45) is 22.9 Å². The summed E-state index contributed by atoms with van der Waals surface area (Å²) < 4.78 is 46.0. The minimum absolute atomic E-state index is 0.0123. The van der Waals surface area contributed by atoms with Gasteiger partial charge in [0.05, 0.1) is 36.8 Å². The molecule has 6 unspecified atom stereocenters. The van der Waals surface area contributed by atoms with E-state index in [9.17, 15) is 24.2 Å². The Kier molecular flexibility index (Phi) is 16.2. The first-order valence-electron chi connectivity index (χ1n) is 21.0. The van der Waals surface area contributed by atoms with Crippen LogP contribution < -0.4 is 14.2 Å². The summed E-state index contributed by atoms with van der Waals surface area (Å²) in [5.41, 5.74) is 3.32. The molecule has 0 aromatic heterocycles. The van der Waals surface area contributed by atoms with Crippen LogP contribution in [0.4, 0.5) is 9.18 Å². The molecule has 1 saturated carbocycles. The largest absolute Gasteiger partial charge is 0.496 e. The third-order valence-electron chi connectivity index (χ3n) is 11.7. The van der Waals surface area contributed by atoms with E-state index in [0.717, 1.165) is 36.8 Å². The number of allylic oxidation sites excluding steroid dienone is 1. The number of nitrogens with zero attached hydrogens (tertiary/aromatic N) is 2. The van der Waals surface area contributed by atoms with E-state index in [2.05, 4.69) is 12.7 Å². The summed E-state index contributed by atoms with van der Waals surface area (Å²) in [5.74, 6) is -0.936. The van der Waals surface area contributed by atoms with Gasteiger partial charge in [-0.1, -0.05) is 42.3 Å². The van der Waals surface area contributed by atoms with Crippen molar-refractivity contribution in [3.63, 3.8) is 0 Å². The number of unbranched alkanes of at least 4 members (excludes halogenated alkanes) is 2. The Labute approximate surface area is 361 Å². The summed E-state index contributed by atoms with van der Waals surface area (Å²) in [6.45, 7) is 6.27. The van der Waals surface area contributed by atoms with Crippen molar-refractivity contribution in [3.05, 3.63) is 107 Å². The molecule has 12 nitrogen and oxygen atoms in total. The number of hydrogen-bond acceptors (Lipinski definition) is 11. The maximum absolute atomic E-state index is 14.4. The lowest BCUT2D eigenvalue weighted by Gasteiger charge is -2.59. The number of alkyl halides is 1. The molecule has 61 heavy (non-hydrogen) atoms. The van der Waals surface area contributed by atoms with Gasteiger partial charge in [0.25, 0.3) is 0 Å². The van der Waals surface area contributed by atoms with Crippen LogP contribution in [0.2, 0.25) is 0 Å². The Bertz CT molecular complexity index is 2030. The van der Waals surface area contributed by atoms with Crippen molar-refractivity contribution in [2.75, 3.05) is 46.0 Å².